The van der Waals surface area contributed by atoms with Crippen LogP contribution in [-0.2, 0) is 10.2 Å². The van der Waals surface area contributed by atoms with Gasteiger partial charge in [0.05, 0.1) is 5.41 Å². The summed E-state index contributed by atoms with van der Waals surface area (Å²) in [4.78, 5) is 13.2. The van der Waals surface area contributed by atoms with E-state index in [-0.39, 0.29) is 6.42 Å². The van der Waals surface area contributed by atoms with Crippen molar-refractivity contribution in [2.45, 2.75) is 31.1 Å². The topological polar surface area (TPSA) is 17.1 Å². The molecule has 2 aromatic carbocycles. The van der Waals surface area contributed by atoms with Crippen LogP contribution in [0, 0.1) is 35.0 Å². The summed E-state index contributed by atoms with van der Waals surface area (Å²) >= 11 is 0. The molecule has 0 aliphatic heterocycles. The zero-order valence-corrected chi connectivity index (χ0v) is 14.2. The molecule has 2 atom stereocenters. The lowest BCUT2D eigenvalue weighted by atomic mass is 9.56. The Kier molecular flexibility index (Phi) is 4.17. The van der Waals surface area contributed by atoms with E-state index in [4.69, 9.17) is 0 Å². The van der Waals surface area contributed by atoms with Gasteiger partial charge in [-0.3, -0.25) is 4.79 Å². The first-order valence-corrected chi connectivity index (χ1v) is 8.72. The third kappa shape index (κ3) is 2.38. The van der Waals surface area contributed by atoms with Crippen molar-refractivity contribution in [3.8, 4) is 0 Å². The van der Waals surface area contributed by atoms with Gasteiger partial charge in [-0.15, -0.1) is 0 Å². The van der Waals surface area contributed by atoms with Crippen LogP contribution in [0.15, 0.2) is 36.4 Å². The van der Waals surface area contributed by atoms with Gasteiger partial charge < -0.3 is 0 Å². The van der Waals surface area contributed by atoms with E-state index in [1.165, 1.54) is 0 Å². The quantitative estimate of drug-likeness (QED) is 0.384. The largest absolute Gasteiger partial charge is 0.298 e. The number of Topliss-reactive ketones (excluding diaryl/α,β-unsaturated/α-hetero) is 1. The molecule has 2 aliphatic rings. The van der Waals surface area contributed by atoms with Crippen molar-refractivity contribution < 1.29 is 26.7 Å². The van der Waals surface area contributed by atoms with Gasteiger partial charge in [0, 0.05) is 11.5 Å². The minimum absolute atomic E-state index is 0.00140. The van der Waals surface area contributed by atoms with Gasteiger partial charge in [-0.2, -0.15) is 0 Å². The summed E-state index contributed by atoms with van der Waals surface area (Å²) in [6.45, 7) is 0. The fourth-order valence-electron chi connectivity index (χ4n) is 4.49. The van der Waals surface area contributed by atoms with Crippen molar-refractivity contribution in [3.05, 3.63) is 76.6 Å². The lowest BCUT2D eigenvalue weighted by molar-refractivity contribution is -0.129. The summed E-state index contributed by atoms with van der Waals surface area (Å²) in [5.41, 5.74) is -2.04. The number of carbonyl (C=O) groups is 1. The standard InChI is InChI=1S/C21H15F5O/c22-15-14(16(23)18(25)19(26)17(15)24)21-10-4-7-12(20(21)27)8-9-13(21)11-5-2-1-3-6-11/h1-3,5-6,9,12H,4,7-8,10H2. The highest BCUT2D eigenvalue weighted by Gasteiger charge is 2.54. The maximum atomic E-state index is 14.7. The molecule has 0 spiro atoms. The van der Waals surface area contributed by atoms with E-state index in [2.05, 4.69) is 0 Å². The smallest absolute Gasteiger partial charge is 0.200 e. The van der Waals surface area contributed by atoms with E-state index in [1.807, 2.05) is 0 Å². The molecule has 4 rings (SSSR count). The molecule has 0 heterocycles. The molecule has 140 valence electrons. The fraction of sp³-hybridized carbons (Fsp3) is 0.286. The molecule has 0 saturated heterocycles. The highest BCUT2D eigenvalue weighted by molar-refractivity contribution is 6.07. The molecule has 1 saturated carbocycles. The van der Waals surface area contributed by atoms with E-state index in [0.717, 1.165) is 0 Å². The van der Waals surface area contributed by atoms with Gasteiger partial charge in [0.2, 0.25) is 5.82 Å². The highest BCUT2D eigenvalue weighted by atomic mass is 19.2. The van der Waals surface area contributed by atoms with Crippen LogP contribution >= 0.6 is 0 Å². The molecule has 1 nitrogen and oxygen atoms in total. The number of hydrogen-bond acceptors (Lipinski definition) is 1. The number of fused-ring (bicyclic) bond motifs is 2. The molecule has 2 aromatic rings. The summed E-state index contributed by atoms with van der Waals surface area (Å²) < 4.78 is 70.9. The van der Waals surface area contributed by atoms with E-state index in [1.54, 1.807) is 36.4 Å². The Bertz CT molecular complexity index is 937. The summed E-state index contributed by atoms with van der Waals surface area (Å²) in [6.07, 6.45) is 3.09. The molecule has 2 unspecified atom stereocenters. The van der Waals surface area contributed by atoms with Crippen molar-refractivity contribution >= 4 is 11.4 Å². The van der Waals surface area contributed by atoms with Gasteiger partial charge in [-0.25, -0.2) is 22.0 Å². The van der Waals surface area contributed by atoms with Crippen molar-refractivity contribution in [2.75, 3.05) is 0 Å². The van der Waals surface area contributed by atoms with E-state index >= 15 is 0 Å². The van der Waals surface area contributed by atoms with Crippen LogP contribution in [0.5, 0.6) is 0 Å². The van der Waals surface area contributed by atoms with Crippen LogP contribution in [0.3, 0.4) is 0 Å². The number of rotatable bonds is 2. The molecule has 0 N–H and O–H groups in total. The first-order valence-electron chi connectivity index (χ1n) is 8.72. The Morgan fingerprint density at radius 1 is 0.852 bits per heavy atom. The number of allylic oxidation sites excluding steroid dienone is 2. The Morgan fingerprint density at radius 2 is 1.44 bits per heavy atom. The second-order valence-corrected chi connectivity index (χ2v) is 7.02. The molecular formula is C21H15F5O. The number of ketones is 1. The van der Waals surface area contributed by atoms with Gasteiger partial charge in [0.1, 0.15) is 0 Å². The van der Waals surface area contributed by atoms with Crippen LogP contribution in [0.25, 0.3) is 5.57 Å². The van der Waals surface area contributed by atoms with Crippen molar-refractivity contribution in [2.24, 2.45) is 5.92 Å². The summed E-state index contributed by atoms with van der Waals surface area (Å²) in [7, 11) is 0. The zero-order valence-electron chi connectivity index (χ0n) is 14.2. The second kappa shape index (κ2) is 6.29. The first-order chi connectivity index (χ1) is 12.9. The lowest BCUT2D eigenvalue weighted by Gasteiger charge is -2.45. The predicted octanol–water partition coefficient (Wildman–Crippen LogP) is 5.48. The van der Waals surface area contributed by atoms with Crippen LogP contribution < -0.4 is 0 Å². The van der Waals surface area contributed by atoms with Crippen LogP contribution in [0.2, 0.25) is 0 Å². The van der Waals surface area contributed by atoms with Gasteiger partial charge in [-0.1, -0.05) is 42.8 Å². The number of benzene rings is 2. The third-order valence-electron chi connectivity index (χ3n) is 5.68. The van der Waals surface area contributed by atoms with Gasteiger partial charge in [0.25, 0.3) is 0 Å². The average molecular weight is 378 g/mol. The minimum Gasteiger partial charge on any atom is -0.298 e. The third-order valence-corrected chi connectivity index (χ3v) is 5.68. The second-order valence-electron chi connectivity index (χ2n) is 7.02. The van der Waals surface area contributed by atoms with Crippen LogP contribution in [-0.4, -0.2) is 5.78 Å². The van der Waals surface area contributed by atoms with Crippen molar-refractivity contribution in [3.63, 3.8) is 0 Å². The highest BCUT2D eigenvalue weighted by Crippen LogP contribution is 2.54. The molecule has 6 heteroatoms. The van der Waals surface area contributed by atoms with E-state index < -0.39 is 51.8 Å². The van der Waals surface area contributed by atoms with Crippen molar-refractivity contribution in [1.29, 1.82) is 0 Å². The van der Waals surface area contributed by atoms with Crippen molar-refractivity contribution in [1.82, 2.24) is 0 Å². The summed E-state index contributed by atoms with van der Waals surface area (Å²) in [6, 6.07) is 8.47. The predicted molar refractivity (Wildman–Crippen MR) is 89.3 cm³/mol. The summed E-state index contributed by atoms with van der Waals surface area (Å²) in [5, 5.41) is 0. The Hall–Kier alpha value is -2.50. The molecule has 2 aliphatic carbocycles. The van der Waals surface area contributed by atoms with E-state index in [0.29, 0.717) is 30.4 Å². The number of carbonyl (C=O) groups excluding carboxylic acids is 1. The zero-order chi connectivity index (χ0) is 19.3. The lowest BCUT2D eigenvalue weighted by Crippen LogP contribution is -2.48. The molecule has 0 amide bonds. The Labute approximate surface area is 152 Å². The van der Waals surface area contributed by atoms with Crippen LogP contribution in [0.1, 0.15) is 36.8 Å². The van der Waals surface area contributed by atoms with E-state index in [9.17, 15) is 26.7 Å². The first kappa shape index (κ1) is 17.9. The van der Waals surface area contributed by atoms with Gasteiger partial charge in [0.15, 0.2) is 29.1 Å². The fourth-order valence-corrected chi connectivity index (χ4v) is 4.49. The number of hydrogen-bond donors (Lipinski definition) is 0. The Morgan fingerprint density at radius 3 is 2.07 bits per heavy atom. The normalized spacial score (nSPS) is 24.7. The minimum atomic E-state index is -2.22. The average Bonchev–Trinajstić information content (AvgIpc) is 2.67. The SMILES string of the molecule is O=C1C2CC=C(c3ccccc3)C1(c1c(F)c(F)c(F)c(F)c1F)CCC2. The molecule has 1 fully saturated rings. The van der Waals surface area contributed by atoms with Gasteiger partial charge >= 0.3 is 0 Å². The molecule has 0 aromatic heterocycles. The van der Waals surface area contributed by atoms with Gasteiger partial charge in [-0.05, 0) is 30.4 Å². The summed E-state index contributed by atoms with van der Waals surface area (Å²) in [5.74, 6) is -11.1. The molecule has 27 heavy (non-hydrogen) atoms. The van der Waals surface area contributed by atoms with Crippen LogP contribution in [0.4, 0.5) is 22.0 Å². The maximum absolute atomic E-state index is 14.7. The maximum Gasteiger partial charge on any atom is 0.200 e. The molecule has 2 bridgehead atoms. The Balaban J connectivity index is 2.07. The monoisotopic (exact) mass is 378 g/mol. The molecule has 0 radical (unpaired) electrons. The number of halogens is 5. The molecular weight excluding hydrogens is 363 g/mol.